The zero-order chi connectivity index (χ0) is 17.1. The predicted octanol–water partition coefficient (Wildman–Crippen LogP) is 1.54. The van der Waals surface area contributed by atoms with Gasteiger partial charge in [0.05, 0.1) is 24.5 Å². The quantitative estimate of drug-likeness (QED) is 0.779. The predicted molar refractivity (Wildman–Crippen MR) is 98.3 cm³/mol. The number of carbonyl (C=O) groups excluding carboxylic acids is 1. The van der Waals surface area contributed by atoms with Crippen LogP contribution >= 0.6 is 24.0 Å². The number of amides is 1. The number of nitrogens with two attached hydrogens (primary N) is 1. The van der Waals surface area contributed by atoms with Crippen LogP contribution in [-0.2, 0) is 4.74 Å². The molecule has 0 saturated carbocycles. The molecule has 3 N–H and O–H groups in total. The molecule has 0 aromatic heterocycles. The van der Waals surface area contributed by atoms with Gasteiger partial charge in [-0.15, -0.1) is 0 Å². The molecule has 1 aromatic rings. The second kappa shape index (κ2) is 7.43. The molecule has 1 aromatic carbocycles. The minimum absolute atomic E-state index is 0.152. The molecule has 0 aliphatic carbocycles. The number of nitrogens with zero attached hydrogens (tertiary/aromatic N) is 2. The molecule has 2 heterocycles. The molecule has 0 unspecified atom stereocenters. The number of ether oxygens (including phenoxy) is 1. The van der Waals surface area contributed by atoms with Gasteiger partial charge in [-0.25, -0.2) is 9.18 Å². The van der Waals surface area contributed by atoms with Gasteiger partial charge >= 0.3 is 6.09 Å². The highest BCUT2D eigenvalue weighted by Crippen LogP contribution is 2.29. The van der Waals surface area contributed by atoms with E-state index in [1.807, 2.05) is 16.7 Å². The summed E-state index contributed by atoms with van der Waals surface area (Å²) in [6, 6.07) is 4.88. The fraction of sp³-hybridized carbons (Fsp3) is 0.467. The van der Waals surface area contributed by atoms with Crippen molar-refractivity contribution in [3.8, 4) is 0 Å². The van der Waals surface area contributed by atoms with Crippen molar-refractivity contribution in [2.24, 2.45) is 5.73 Å². The van der Waals surface area contributed by atoms with Gasteiger partial charge in [0, 0.05) is 24.6 Å². The lowest BCUT2D eigenvalue weighted by atomic mass is 10.2. The second-order valence-corrected chi connectivity index (χ2v) is 7.26. The molecule has 6 nitrogen and oxygen atoms in total. The van der Waals surface area contributed by atoms with Crippen LogP contribution in [0.15, 0.2) is 18.2 Å². The first-order valence-electron chi connectivity index (χ1n) is 7.68. The molecule has 1 amide bonds. The molecule has 3 rings (SSSR count). The summed E-state index contributed by atoms with van der Waals surface area (Å²) in [5, 5.41) is 2.92. The van der Waals surface area contributed by atoms with E-state index in [9.17, 15) is 9.18 Å². The summed E-state index contributed by atoms with van der Waals surface area (Å²) in [6.07, 6.45) is -0.868. The van der Waals surface area contributed by atoms with Crippen molar-refractivity contribution in [2.75, 3.05) is 47.5 Å². The summed E-state index contributed by atoms with van der Waals surface area (Å²) in [4.78, 5) is 15.5. The standard InChI is InChI=1S/C15H19FN4O2S2/c16-12-7-10(1-2-13(12)19-3-5-24-6-4-19)20-9-11(22-15(20)21)8-18-14(17)23/h1-2,7,11H,3-6,8-9H2,(H3,17,18,23)/t11-/m0/s1. The van der Waals surface area contributed by atoms with E-state index in [-0.39, 0.29) is 17.0 Å². The van der Waals surface area contributed by atoms with Crippen molar-refractivity contribution >= 4 is 46.6 Å². The van der Waals surface area contributed by atoms with Crippen LogP contribution in [0.4, 0.5) is 20.6 Å². The summed E-state index contributed by atoms with van der Waals surface area (Å²) >= 11 is 6.61. The molecular weight excluding hydrogens is 351 g/mol. The Labute approximate surface area is 149 Å². The van der Waals surface area contributed by atoms with E-state index in [0.29, 0.717) is 24.5 Å². The number of hydrogen-bond donors (Lipinski definition) is 2. The van der Waals surface area contributed by atoms with Gasteiger partial charge in [0.2, 0.25) is 0 Å². The highest BCUT2D eigenvalue weighted by atomic mass is 32.2. The maximum Gasteiger partial charge on any atom is 0.414 e. The number of benzene rings is 1. The van der Waals surface area contributed by atoms with Crippen molar-refractivity contribution in [1.29, 1.82) is 0 Å². The fourth-order valence-electron chi connectivity index (χ4n) is 2.78. The highest BCUT2D eigenvalue weighted by molar-refractivity contribution is 7.99. The van der Waals surface area contributed by atoms with E-state index in [0.717, 1.165) is 24.6 Å². The topological polar surface area (TPSA) is 70.8 Å². The molecule has 1 atom stereocenters. The Hall–Kier alpha value is -1.74. The van der Waals surface area contributed by atoms with Gasteiger partial charge in [0.15, 0.2) is 5.11 Å². The van der Waals surface area contributed by atoms with E-state index in [2.05, 4.69) is 5.32 Å². The summed E-state index contributed by atoms with van der Waals surface area (Å²) in [5.41, 5.74) is 6.44. The van der Waals surface area contributed by atoms with Gasteiger partial charge in [-0.1, -0.05) is 0 Å². The van der Waals surface area contributed by atoms with Crippen LogP contribution in [0, 0.1) is 5.82 Å². The molecule has 130 valence electrons. The number of anilines is 2. The number of hydrogen-bond acceptors (Lipinski definition) is 5. The molecular formula is C15H19FN4O2S2. The van der Waals surface area contributed by atoms with E-state index < -0.39 is 6.09 Å². The maximum absolute atomic E-state index is 14.5. The molecule has 2 aliphatic heterocycles. The highest BCUT2D eigenvalue weighted by Gasteiger charge is 2.32. The Bertz CT molecular complexity index is 640. The van der Waals surface area contributed by atoms with Crippen molar-refractivity contribution in [2.45, 2.75) is 6.10 Å². The van der Waals surface area contributed by atoms with Crippen LogP contribution in [0.1, 0.15) is 0 Å². The first-order chi connectivity index (χ1) is 11.5. The minimum Gasteiger partial charge on any atom is -0.442 e. The van der Waals surface area contributed by atoms with E-state index in [1.54, 1.807) is 12.1 Å². The SMILES string of the molecule is NC(=S)NC[C@H]1CN(c2ccc(N3CCSCC3)c(F)c2)C(=O)O1. The van der Waals surface area contributed by atoms with Crippen LogP contribution in [-0.4, -0.2) is 55.0 Å². The van der Waals surface area contributed by atoms with Gasteiger partial charge in [0.25, 0.3) is 0 Å². The Morgan fingerprint density at radius 2 is 2.21 bits per heavy atom. The largest absolute Gasteiger partial charge is 0.442 e. The zero-order valence-electron chi connectivity index (χ0n) is 13.0. The normalized spacial score (nSPS) is 20.9. The molecule has 0 spiro atoms. The fourth-order valence-corrected chi connectivity index (χ4v) is 3.76. The van der Waals surface area contributed by atoms with Crippen LogP contribution in [0.25, 0.3) is 0 Å². The first-order valence-corrected chi connectivity index (χ1v) is 9.24. The van der Waals surface area contributed by atoms with Crippen molar-refractivity contribution < 1.29 is 13.9 Å². The smallest absolute Gasteiger partial charge is 0.414 e. The lowest BCUT2D eigenvalue weighted by Gasteiger charge is -2.29. The zero-order valence-corrected chi connectivity index (χ0v) is 14.7. The number of cyclic esters (lactones) is 1. The number of thiocarbonyl (C=S) groups is 1. The lowest BCUT2D eigenvalue weighted by Crippen LogP contribution is -2.37. The monoisotopic (exact) mass is 370 g/mol. The average Bonchev–Trinajstić information content (AvgIpc) is 2.94. The van der Waals surface area contributed by atoms with E-state index >= 15 is 0 Å². The number of rotatable bonds is 4. The van der Waals surface area contributed by atoms with Crippen LogP contribution in [0.5, 0.6) is 0 Å². The van der Waals surface area contributed by atoms with Gasteiger partial charge in [-0.2, -0.15) is 11.8 Å². The van der Waals surface area contributed by atoms with Gasteiger partial charge in [0.1, 0.15) is 11.9 Å². The summed E-state index contributed by atoms with van der Waals surface area (Å²) in [6.45, 7) is 2.33. The van der Waals surface area contributed by atoms with Crippen LogP contribution < -0.4 is 20.9 Å². The number of halogens is 1. The molecule has 2 saturated heterocycles. The van der Waals surface area contributed by atoms with Gasteiger partial charge < -0.3 is 20.7 Å². The van der Waals surface area contributed by atoms with Crippen LogP contribution in [0.2, 0.25) is 0 Å². The molecule has 24 heavy (non-hydrogen) atoms. The molecule has 0 bridgehead atoms. The van der Waals surface area contributed by atoms with E-state index in [1.165, 1.54) is 11.0 Å². The summed E-state index contributed by atoms with van der Waals surface area (Å²) < 4.78 is 19.7. The summed E-state index contributed by atoms with van der Waals surface area (Å²) in [5.74, 6) is 1.67. The number of nitrogens with one attached hydrogen (secondary N) is 1. The third-order valence-electron chi connectivity index (χ3n) is 3.97. The first kappa shape index (κ1) is 17.1. The molecule has 9 heteroatoms. The van der Waals surface area contributed by atoms with E-state index in [4.69, 9.17) is 22.7 Å². The van der Waals surface area contributed by atoms with Gasteiger partial charge in [-0.3, -0.25) is 4.90 Å². The summed E-state index contributed by atoms with van der Waals surface area (Å²) in [7, 11) is 0. The van der Waals surface area contributed by atoms with Crippen molar-refractivity contribution in [3.63, 3.8) is 0 Å². The third kappa shape index (κ3) is 3.84. The number of carbonyl (C=O) groups is 1. The Morgan fingerprint density at radius 1 is 1.46 bits per heavy atom. The lowest BCUT2D eigenvalue weighted by molar-refractivity contribution is 0.143. The van der Waals surface area contributed by atoms with Crippen LogP contribution in [0.3, 0.4) is 0 Å². The number of thioether (sulfide) groups is 1. The average molecular weight is 370 g/mol. The Balaban J connectivity index is 1.69. The van der Waals surface area contributed by atoms with Gasteiger partial charge in [-0.05, 0) is 30.4 Å². The maximum atomic E-state index is 14.5. The Morgan fingerprint density at radius 3 is 2.88 bits per heavy atom. The molecule has 0 radical (unpaired) electrons. The Kier molecular flexibility index (Phi) is 5.30. The second-order valence-electron chi connectivity index (χ2n) is 5.60. The minimum atomic E-state index is -0.494. The van der Waals surface area contributed by atoms with Crippen molar-refractivity contribution in [1.82, 2.24) is 5.32 Å². The molecule has 2 fully saturated rings. The van der Waals surface area contributed by atoms with Crippen molar-refractivity contribution in [3.05, 3.63) is 24.0 Å². The third-order valence-corrected chi connectivity index (χ3v) is 5.06. The molecule has 2 aliphatic rings.